The first kappa shape index (κ1) is 25.2. The van der Waals surface area contributed by atoms with Gasteiger partial charge in [-0.1, -0.05) is 113 Å². The maximum absolute atomic E-state index is 8.35. The van der Waals surface area contributed by atoms with Crippen LogP contribution in [0.5, 0.6) is 0 Å². The number of hydrogen-bond acceptors (Lipinski definition) is 4. The van der Waals surface area contributed by atoms with Crippen molar-refractivity contribution in [3.8, 4) is 0 Å². The maximum Gasteiger partial charge on any atom is 0.231 e. The molecule has 0 saturated heterocycles. The van der Waals surface area contributed by atoms with Crippen molar-refractivity contribution in [2.24, 2.45) is 0 Å². The summed E-state index contributed by atoms with van der Waals surface area (Å²) in [6.07, 6.45) is 10.9. The lowest BCUT2D eigenvalue weighted by molar-refractivity contribution is 0.472. The number of benzene rings is 2. The summed E-state index contributed by atoms with van der Waals surface area (Å²) in [4.78, 5) is 16.7. The SMILES string of the molecule is CCCCCCCCC(C)(c1ccccc1)c1ccccc1.N=C=O.N=C=O. The molecule has 0 atom stereocenters. The first-order chi connectivity index (χ1) is 13.6. The molecule has 4 nitrogen and oxygen atoms in total. The molecular weight excluding hydrogens is 348 g/mol. The topological polar surface area (TPSA) is 81.8 Å². The minimum absolute atomic E-state index is 0.132. The van der Waals surface area contributed by atoms with Gasteiger partial charge in [-0.2, -0.15) is 0 Å². The Hall–Kier alpha value is -2.80. The van der Waals surface area contributed by atoms with Crippen molar-refractivity contribution in [2.75, 3.05) is 0 Å². The van der Waals surface area contributed by atoms with Crippen molar-refractivity contribution in [1.82, 2.24) is 0 Å². The van der Waals surface area contributed by atoms with Gasteiger partial charge in [-0.15, -0.1) is 0 Å². The fourth-order valence-corrected chi connectivity index (χ4v) is 3.33. The average Bonchev–Trinajstić information content (AvgIpc) is 2.73. The Balaban J connectivity index is 0.00000108. The summed E-state index contributed by atoms with van der Waals surface area (Å²) in [6, 6.07) is 22.0. The lowest BCUT2D eigenvalue weighted by atomic mass is 9.72. The highest BCUT2D eigenvalue weighted by molar-refractivity contribution is 5.38. The number of hydrogen-bond donors (Lipinski definition) is 2. The zero-order valence-corrected chi connectivity index (χ0v) is 17.0. The number of rotatable bonds is 9. The summed E-state index contributed by atoms with van der Waals surface area (Å²) in [5.74, 6) is 0. The van der Waals surface area contributed by atoms with Crippen LogP contribution in [0.1, 0.15) is 69.9 Å². The number of isocyanates is 2. The summed E-state index contributed by atoms with van der Waals surface area (Å²) < 4.78 is 0. The van der Waals surface area contributed by atoms with E-state index in [2.05, 4.69) is 74.5 Å². The fraction of sp³-hybridized carbons (Fsp3) is 0.417. The molecule has 0 radical (unpaired) electrons. The average molecular weight is 381 g/mol. The van der Waals surface area contributed by atoms with Crippen LogP contribution >= 0.6 is 0 Å². The zero-order chi connectivity index (χ0) is 21.1. The minimum Gasteiger partial charge on any atom is -0.222 e. The third kappa shape index (κ3) is 9.78. The summed E-state index contributed by atoms with van der Waals surface area (Å²) in [7, 11) is 0. The predicted octanol–water partition coefficient (Wildman–Crippen LogP) is 6.55. The molecule has 0 aliphatic carbocycles. The van der Waals surface area contributed by atoms with E-state index in [1.807, 2.05) is 0 Å². The minimum atomic E-state index is 0.132. The van der Waals surface area contributed by atoms with Gasteiger partial charge < -0.3 is 0 Å². The third-order valence-electron chi connectivity index (χ3n) is 4.85. The molecule has 0 amide bonds. The van der Waals surface area contributed by atoms with Gasteiger partial charge in [0.1, 0.15) is 0 Å². The van der Waals surface area contributed by atoms with E-state index in [1.54, 1.807) is 0 Å². The molecule has 0 aliphatic rings. The molecule has 28 heavy (non-hydrogen) atoms. The third-order valence-corrected chi connectivity index (χ3v) is 4.85. The van der Waals surface area contributed by atoms with E-state index in [0.29, 0.717) is 0 Å². The van der Waals surface area contributed by atoms with E-state index in [-0.39, 0.29) is 5.41 Å². The molecule has 4 heteroatoms. The van der Waals surface area contributed by atoms with Crippen molar-refractivity contribution in [3.05, 3.63) is 71.8 Å². The van der Waals surface area contributed by atoms with Gasteiger partial charge in [0.2, 0.25) is 12.2 Å². The van der Waals surface area contributed by atoms with Gasteiger partial charge in [-0.3, -0.25) is 0 Å². The molecule has 0 aliphatic heterocycles. The van der Waals surface area contributed by atoms with Gasteiger partial charge in [-0.05, 0) is 17.5 Å². The fourth-order valence-electron chi connectivity index (χ4n) is 3.33. The van der Waals surface area contributed by atoms with Crippen molar-refractivity contribution < 1.29 is 9.59 Å². The first-order valence-corrected chi connectivity index (χ1v) is 9.79. The Labute approximate surface area is 169 Å². The highest BCUT2D eigenvalue weighted by Gasteiger charge is 2.27. The van der Waals surface area contributed by atoms with E-state index in [4.69, 9.17) is 20.4 Å². The second-order valence-electron chi connectivity index (χ2n) is 6.79. The van der Waals surface area contributed by atoms with Crippen LogP contribution in [-0.2, 0) is 15.0 Å². The van der Waals surface area contributed by atoms with Gasteiger partial charge in [0.05, 0.1) is 0 Å². The molecule has 2 aromatic rings. The van der Waals surface area contributed by atoms with E-state index in [9.17, 15) is 0 Å². The second kappa shape index (κ2) is 16.4. The van der Waals surface area contributed by atoms with Crippen molar-refractivity contribution >= 4 is 12.2 Å². The molecule has 2 N–H and O–H groups in total. The van der Waals surface area contributed by atoms with Crippen LogP contribution in [0.3, 0.4) is 0 Å². The van der Waals surface area contributed by atoms with Crippen LogP contribution in [0.4, 0.5) is 0 Å². The molecule has 0 unspecified atom stereocenters. The Morgan fingerprint density at radius 1 is 0.714 bits per heavy atom. The molecule has 0 saturated carbocycles. The lowest BCUT2D eigenvalue weighted by Crippen LogP contribution is -2.23. The van der Waals surface area contributed by atoms with Gasteiger partial charge in [0.15, 0.2) is 0 Å². The first-order valence-electron chi connectivity index (χ1n) is 9.79. The van der Waals surface area contributed by atoms with Crippen molar-refractivity contribution in [3.63, 3.8) is 0 Å². The lowest BCUT2D eigenvalue weighted by Gasteiger charge is -2.31. The summed E-state index contributed by atoms with van der Waals surface area (Å²) >= 11 is 0. The quantitative estimate of drug-likeness (QED) is 0.294. The van der Waals surface area contributed by atoms with Gasteiger partial charge >= 0.3 is 0 Å². The Bertz CT molecular complexity index is 636. The highest BCUT2D eigenvalue weighted by atomic mass is 16.1. The van der Waals surface area contributed by atoms with E-state index < -0.39 is 0 Å². The Morgan fingerprint density at radius 3 is 1.46 bits per heavy atom. The number of nitrogens with one attached hydrogen (secondary N) is 2. The molecule has 0 spiro atoms. The monoisotopic (exact) mass is 380 g/mol. The standard InChI is InChI=1S/C22H30.2CHNO/c1-3-4-5-6-7-14-19-22(2,20-15-10-8-11-16-20)21-17-12-9-13-18-21;2*2-1-3/h8-13,15-18H,3-7,14,19H2,1-2H3;2*2H. The number of unbranched alkanes of at least 4 members (excludes halogenated alkanes) is 5. The molecule has 2 rings (SSSR count). The van der Waals surface area contributed by atoms with Crippen LogP contribution in [0.15, 0.2) is 60.7 Å². The van der Waals surface area contributed by atoms with Crippen LogP contribution in [0, 0.1) is 10.8 Å². The van der Waals surface area contributed by atoms with Crippen LogP contribution < -0.4 is 0 Å². The van der Waals surface area contributed by atoms with Crippen molar-refractivity contribution in [1.29, 1.82) is 10.8 Å². The molecule has 0 fully saturated rings. The summed E-state index contributed by atoms with van der Waals surface area (Å²) in [5.41, 5.74) is 3.01. The molecule has 0 heterocycles. The molecule has 0 aromatic heterocycles. The van der Waals surface area contributed by atoms with E-state index in [1.165, 1.54) is 56.1 Å². The summed E-state index contributed by atoms with van der Waals surface area (Å²) in [5, 5.41) is 10.8. The normalized spacial score (nSPS) is 9.64. The zero-order valence-electron chi connectivity index (χ0n) is 17.0. The van der Waals surface area contributed by atoms with Gasteiger partial charge in [0, 0.05) is 5.41 Å². The van der Waals surface area contributed by atoms with Crippen LogP contribution in [0.25, 0.3) is 0 Å². The Morgan fingerprint density at radius 2 is 1.07 bits per heavy atom. The van der Waals surface area contributed by atoms with E-state index in [0.717, 1.165) is 12.2 Å². The van der Waals surface area contributed by atoms with Crippen LogP contribution in [-0.4, -0.2) is 12.2 Å². The van der Waals surface area contributed by atoms with Gasteiger partial charge in [-0.25, -0.2) is 20.4 Å². The largest absolute Gasteiger partial charge is 0.231 e. The molecule has 0 bridgehead atoms. The van der Waals surface area contributed by atoms with Gasteiger partial charge in [0.25, 0.3) is 0 Å². The van der Waals surface area contributed by atoms with Crippen molar-refractivity contribution in [2.45, 2.75) is 64.2 Å². The maximum atomic E-state index is 8.35. The smallest absolute Gasteiger partial charge is 0.222 e. The molecule has 150 valence electrons. The van der Waals surface area contributed by atoms with E-state index >= 15 is 0 Å². The molecular formula is C24H32N2O2. The highest BCUT2D eigenvalue weighted by Crippen LogP contribution is 2.36. The second-order valence-corrected chi connectivity index (χ2v) is 6.79. The molecule has 2 aromatic carbocycles. The summed E-state index contributed by atoms with van der Waals surface area (Å²) in [6.45, 7) is 4.69. The van der Waals surface area contributed by atoms with Crippen LogP contribution in [0.2, 0.25) is 0 Å². The predicted molar refractivity (Wildman–Crippen MR) is 114 cm³/mol. The Kier molecular flexibility index (Phi) is 14.7. The number of carbonyl (C=O) groups excluding carboxylic acids is 2.